The number of alkyl halides is 3. The van der Waals surface area contributed by atoms with E-state index in [0.717, 1.165) is 16.9 Å². The Kier molecular flexibility index (Phi) is 4.87. The first-order valence-electron chi connectivity index (χ1n) is 8.23. The summed E-state index contributed by atoms with van der Waals surface area (Å²) in [6.45, 7) is -0.0568. The van der Waals surface area contributed by atoms with Crippen LogP contribution in [0.1, 0.15) is 30.7 Å². The number of likely N-dealkylation sites (tertiary alicyclic amines) is 1. The summed E-state index contributed by atoms with van der Waals surface area (Å²) >= 11 is 0. The minimum absolute atomic E-state index is 0.0284. The number of carbonyl (C=O) groups is 2. The molecular formula is C17H19F3N2O3. The van der Waals surface area contributed by atoms with Gasteiger partial charge >= 0.3 is 18.2 Å². The molecule has 0 radical (unpaired) electrons. The van der Waals surface area contributed by atoms with Gasteiger partial charge in [0.1, 0.15) is 6.10 Å². The summed E-state index contributed by atoms with van der Waals surface area (Å²) in [4.78, 5) is 23.9. The van der Waals surface area contributed by atoms with E-state index in [1.54, 1.807) is 0 Å². The lowest BCUT2D eigenvalue weighted by molar-refractivity contribution is -0.186. The van der Waals surface area contributed by atoms with Crippen molar-refractivity contribution in [3.8, 4) is 0 Å². The molecular weight excluding hydrogens is 337 g/mol. The van der Waals surface area contributed by atoms with Crippen molar-refractivity contribution in [1.29, 1.82) is 0 Å². The number of amides is 2. The van der Waals surface area contributed by atoms with Gasteiger partial charge in [-0.15, -0.1) is 0 Å². The summed E-state index contributed by atoms with van der Waals surface area (Å²) in [5, 5.41) is 2.68. The SMILES string of the molecule is O=C(NC1CCN(C(=O)C(F)(F)F)CC1)O[C@@H]1C[C@H]1c1ccccc1. The Morgan fingerprint density at radius 2 is 1.76 bits per heavy atom. The van der Waals surface area contributed by atoms with Crippen molar-refractivity contribution >= 4 is 12.0 Å². The molecule has 2 atom stereocenters. The first kappa shape index (κ1) is 17.6. The second-order valence-electron chi connectivity index (χ2n) is 6.41. The Morgan fingerprint density at radius 3 is 2.36 bits per heavy atom. The number of piperidine rings is 1. The quantitative estimate of drug-likeness (QED) is 0.906. The Balaban J connectivity index is 1.40. The molecule has 0 unspecified atom stereocenters. The molecule has 1 saturated heterocycles. The zero-order valence-corrected chi connectivity index (χ0v) is 13.5. The fourth-order valence-electron chi connectivity index (χ4n) is 3.10. The molecule has 2 amide bonds. The van der Waals surface area contributed by atoms with Crippen LogP contribution in [0.25, 0.3) is 0 Å². The van der Waals surface area contributed by atoms with Crippen LogP contribution in [-0.4, -0.2) is 48.3 Å². The lowest BCUT2D eigenvalue weighted by Crippen LogP contribution is -2.50. The maximum absolute atomic E-state index is 12.4. The van der Waals surface area contributed by atoms with Gasteiger partial charge in [-0.3, -0.25) is 4.79 Å². The highest BCUT2D eigenvalue weighted by Gasteiger charge is 2.44. The second kappa shape index (κ2) is 6.93. The summed E-state index contributed by atoms with van der Waals surface area (Å²) in [6, 6.07) is 9.48. The summed E-state index contributed by atoms with van der Waals surface area (Å²) in [5.74, 6) is -1.62. The van der Waals surface area contributed by atoms with Crippen molar-refractivity contribution in [2.24, 2.45) is 0 Å². The number of hydrogen-bond donors (Lipinski definition) is 1. The molecule has 1 N–H and O–H groups in total. The molecule has 0 spiro atoms. The summed E-state index contributed by atoms with van der Waals surface area (Å²) < 4.78 is 42.5. The third-order valence-electron chi connectivity index (χ3n) is 4.56. The number of carbonyl (C=O) groups excluding carboxylic acids is 2. The van der Waals surface area contributed by atoms with Crippen LogP contribution >= 0.6 is 0 Å². The van der Waals surface area contributed by atoms with E-state index < -0.39 is 18.2 Å². The highest BCUT2D eigenvalue weighted by molar-refractivity contribution is 5.82. The minimum atomic E-state index is -4.85. The van der Waals surface area contributed by atoms with Gasteiger partial charge in [0, 0.05) is 25.0 Å². The number of hydrogen-bond acceptors (Lipinski definition) is 3. The van der Waals surface area contributed by atoms with E-state index in [9.17, 15) is 22.8 Å². The number of alkyl carbamates (subject to hydrolysis) is 1. The van der Waals surface area contributed by atoms with Crippen molar-refractivity contribution < 1.29 is 27.5 Å². The summed E-state index contributed by atoms with van der Waals surface area (Å²) in [5.41, 5.74) is 1.12. The van der Waals surface area contributed by atoms with E-state index in [0.29, 0.717) is 0 Å². The molecule has 2 fully saturated rings. The second-order valence-corrected chi connectivity index (χ2v) is 6.41. The molecule has 1 aromatic carbocycles. The van der Waals surface area contributed by atoms with Gasteiger partial charge in [0.2, 0.25) is 0 Å². The maximum atomic E-state index is 12.4. The smallest absolute Gasteiger partial charge is 0.446 e. The van der Waals surface area contributed by atoms with Crippen LogP contribution < -0.4 is 5.32 Å². The lowest BCUT2D eigenvalue weighted by Gasteiger charge is -2.32. The number of rotatable bonds is 3. The van der Waals surface area contributed by atoms with E-state index in [4.69, 9.17) is 4.74 Å². The number of benzene rings is 1. The molecule has 1 aromatic rings. The molecule has 0 bridgehead atoms. The van der Waals surface area contributed by atoms with E-state index in [1.165, 1.54) is 0 Å². The third kappa shape index (κ3) is 4.43. The Labute approximate surface area is 143 Å². The van der Waals surface area contributed by atoms with Crippen LogP contribution in [-0.2, 0) is 9.53 Å². The number of ether oxygens (including phenoxy) is 1. The molecule has 2 aliphatic rings. The standard InChI is InChI=1S/C17H19F3N2O3/c18-17(19,20)15(23)22-8-6-12(7-9-22)21-16(24)25-14-10-13(14)11-4-2-1-3-5-11/h1-5,12-14H,6-10H2,(H,21,24)/t13-,14+/m0/s1. The largest absolute Gasteiger partial charge is 0.471 e. The fourth-order valence-corrected chi connectivity index (χ4v) is 3.10. The highest BCUT2D eigenvalue weighted by Crippen LogP contribution is 2.43. The molecule has 5 nitrogen and oxygen atoms in total. The molecule has 3 rings (SSSR count). The molecule has 0 aromatic heterocycles. The molecule has 8 heteroatoms. The number of nitrogens with zero attached hydrogens (tertiary/aromatic N) is 1. The minimum Gasteiger partial charge on any atom is -0.446 e. The summed E-state index contributed by atoms with van der Waals surface area (Å²) in [7, 11) is 0. The van der Waals surface area contributed by atoms with Gasteiger partial charge in [-0.25, -0.2) is 4.79 Å². The van der Waals surface area contributed by atoms with Gasteiger partial charge in [-0.05, 0) is 24.8 Å². The Hall–Kier alpha value is -2.25. The first-order valence-corrected chi connectivity index (χ1v) is 8.23. The first-order chi connectivity index (χ1) is 11.8. The normalized spacial score (nSPS) is 23.9. The molecule has 136 valence electrons. The van der Waals surface area contributed by atoms with Crippen LogP contribution in [0.15, 0.2) is 30.3 Å². The van der Waals surface area contributed by atoms with Crippen LogP contribution in [0, 0.1) is 0 Å². The van der Waals surface area contributed by atoms with Crippen molar-refractivity contribution in [2.45, 2.75) is 43.5 Å². The van der Waals surface area contributed by atoms with E-state index in [-0.39, 0.29) is 44.0 Å². The molecule has 1 aliphatic carbocycles. The lowest BCUT2D eigenvalue weighted by atomic mass is 10.1. The Morgan fingerprint density at radius 1 is 1.12 bits per heavy atom. The predicted octanol–water partition coefficient (Wildman–Crippen LogP) is 2.82. The molecule has 1 heterocycles. The van der Waals surface area contributed by atoms with Crippen LogP contribution in [0.5, 0.6) is 0 Å². The van der Waals surface area contributed by atoms with E-state index in [1.807, 2.05) is 30.3 Å². The Bertz CT molecular complexity index is 628. The van der Waals surface area contributed by atoms with Crippen LogP contribution in [0.2, 0.25) is 0 Å². The average molecular weight is 356 g/mol. The monoisotopic (exact) mass is 356 g/mol. The van der Waals surface area contributed by atoms with Crippen LogP contribution in [0.3, 0.4) is 0 Å². The van der Waals surface area contributed by atoms with Crippen molar-refractivity contribution in [2.75, 3.05) is 13.1 Å². The van der Waals surface area contributed by atoms with Gasteiger partial charge in [-0.2, -0.15) is 13.2 Å². The highest BCUT2D eigenvalue weighted by atomic mass is 19.4. The topological polar surface area (TPSA) is 58.6 Å². The van der Waals surface area contributed by atoms with Gasteiger partial charge in [0.15, 0.2) is 0 Å². The predicted molar refractivity (Wildman–Crippen MR) is 82.9 cm³/mol. The van der Waals surface area contributed by atoms with Gasteiger partial charge in [0.05, 0.1) is 0 Å². The van der Waals surface area contributed by atoms with Crippen molar-refractivity contribution in [3.05, 3.63) is 35.9 Å². The van der Waals surface area contributed by atoms with Crippen molar-refractivity contribution in [3.63, 3.8) is 0 Å². The van der Waals surface area contributed by atoms with Gasteiger partial charge in [0.25, 0.3) is 0 Å². The van der Waals surface area contributed by atoms with Gasteiger partial charge < -0.3 is 15.0 Å². The average Bonchev–Trinajstić information content (AvgIpc) is 3.34. The summed E-state index contributed by atoms with van der Waals surface area (Å²) in [6.07, 6.45) is -4.22. The van der Waals surface area contributed by atoms with E-state index >= 15 is 0 Å². The van der Waals surface area contributed by atoms with Crippen LogP contribution in [0.4, 0.5) is 18.0 Å². The molecule has 1 aliphatic heterocycles. The fraction of sp³-hybridized carbons (Fsp3) is 0.529. The molecule has 1 saturated carbocycles. The zero-order valence-electron chi connectivity index (χ0n) is 13.5. The van der Waals surface area contributed by atoms with Gasteiger partial charge in [-0.1, -0.05) is 30.3 Å². The van der Waals surface area contributed by atoms with Crippen molar-refractivity contribution in [1.82, 2.24) is 10.2 Å². The number of halogens is 3. The maximum Gasteiger partial charge on any atom is 0.471 e. The van der Waals surface area contributed by atoms with E-state index in [2.05, 4.69) is 5.32 Å². The third-order valence-corrected chi connectivity index (χ3v) is 4.56. The number of nitrogens with one attached hydrogen (secondary N) is 1. The zero-order chi connectivity index (χ0) is 18.0. The molecule has 25 heavy (non-hydrogen) atoms.